The van der Waals surface area contributed by atoms with Crippen molar-refractivity contribution in [1.82, 2.24) is 0 Å². The third-order valence-corrected chi connectivity index (χ3v) is 3.17. The fraction of sp³-hybridized carbons (Fsp3) is 0.714. The molecule has 2 unspecified atom stereocenters. The van der Waals surface area contributed by atoms with Gasteiger partial charge in [0, 0.05) is 5.41 Å². The highest BCUT2D eigenvalue weighted by molar-refractivity contribution is 6.52. The van der Waals surface area contributed by atoms with E-state index in [9.17, 15) is 9.59 Å². The predicted molar refractivity (Wildman–Crippen MR) is 43.1 cm³/mol. The Balaban J connectivity index is 3.06. The zero-order chi connectivity index (χ0) is 8.81. The number of alkyl halides is 2. The van der Waals surface area contributed by atoms with Gasteiger partial charge in [-0.05, 0) is 0 Å². The summed E-state index contributed by atoms with van der Waals surface area (Å²) in [6.07, 6.45) is 0. The minimum atomic E-state index is -1.03. The lowest BCUT2D eigenvalue weighted by Crippen LogP contribution is -2.27. The molecule has 2 atom stereocenters. The summed E-state index contributed by atoms with van der Waals surface area (Å²) in [5, 5.41) is -1.80. The van der Waals surface area contributed by atoms with Crippen molar-refractivity contribution in [3.05, 3.63) is 0 Å². The molecule has 0 aromatic heterocycles. The second-order valence-electron chi connectivity index (χ2n) is 3.21. The van der Waals surface area contributed by atoms with Crippen LogP contribution in [0.25, 0.3) is 0 Å². The SMILES string of the molecule is CC1(C)C(=O)C(Cl)C(=O)C1Cl. The largest absolute Gasteiger partial charge is 0.297 e. The normalized spacial score (nSPS) is 36.4. The Labute approximate surface area is 74.9 Å². The first-order valence-electron chi connectivity index (χ1n) is 3.25. The average molecular weight is 195 g/mol. The number of carbonyl (C=O) groups is 2. The van der Waals surface area contributed by atoms with Gasteiger partial charge in [-0.1, -0.05) is 13.8 Å². The summed E-state index contributed by atoms with van der Waals surface area (Å²) in [5.74, 6) is -0.646. The van der Waals surface area contributed by atoms with E-state index in [0.29, 0.717) is 0 Å². The Hall–Kier alpha value is -0.0800. The lowest BCUT2D eigenvalue weighted by Gasteiger charge is -2.17. The van der Waals surface area contributed by atoms with Crippen LogP contribution >= 0.6 is 23.2 Å². The number of hydrogen-bond donors (Lipinski definition) is 0. The number of Topliss-reactive ketones (excluding diaryl/α,β-unsaturated/α-hetero) is 2. The van der Waals surface area contributed by atoms with Crippen molar-refractivity contribution in [2.45, 2.75) is 24.6 Å². The van der Waals surface area contributed by atoms with Crippen LogP contribution in [0.2, 0.25) is 0 Å². The molecule has 0 bridgehead atoms. The molecule has 0 aliphatic heterocycles. The summed E-state index contributed by atoms with van der Waals surface area (Å²) in [4.78, 5) is 22.3. The van der Waals surface area contributed by atoms with Gasteiger partial charge in [-0.2, -0.15) is 0 Å². The smallest absolute Gasteiger partial charge is 0.176 e. The maximum Gasteiger partial charge on any atom is 0.176 e. The molecule has 4 heteroatoms. The number of ketones is 2. The van der Waals surface area contributed by atoms with Crippen molar-refractivity contribution in [3.63, 3.8) is 0 Å². The van der Waals surface area contributed by atoms with E-state index in [1.165, 1.54) is 0 Å². The zero-order valence-corrected chi connectivity index (χ0v) is 7.74. The van der Waals surface area contributed by atoms with Crippen LogP contribution in [0.5, 0.6) is 0 Å². The van der Waals surface area contributed by atoms with Gasteiger partial charge in [-0.25, -0.2) is 0 Å². The Morgan fingerprint density at radius 2 is 1.73 bits per heavy atom. The van der Waals surface area contributed by atoms with E-state index >= 15 is 0 Å². The highest BCUT2D eigenvalue weighted by Crippen LogP contribution is 2.37. The lowest BCUT2D eigenvalue weighted by molar-refractivity contribution is -0.124. The topological polar surface area (TPSA) is 34.1 Å². The molecule has 0 aromatic carbocycles. The van der Waals surface area contributed by atoms with Crippen LogP contribution in [0.3, 0.4) is 0 Å². The summed E-state index contributed by atoms with van der Waals surface area (Å²) in [6, 6.07) is 0. The highest BCUT2D eigenvalue weighted by Gasteiger charge is 2.53. The molecule has 0 radical (unpaired) electrons. The summed E-state index contributed by atoms with van der Waals surface area (Å²) in [6.45, 7) is 3.26. The first-order chi connectivity index (χ1) is 4.89. The molecule has 1 fully saturated rings. The number of hydrogen-bond acceptors (Lipinski definition) is 2. The van der Waals surface area contributed by atoms with E-state index in [0.717, 1.165) is 0 Å². The predicted octanol–water partition coefficient (Wildman–Crippen LogP) is 1.38. The molecule has 1 aliphatic rings. The van der Waals surface area contributed by atoms with Crippen LogP contribution in [0.15, 0.2) is 0 Å². The summed E-state index contributed by atoms with van der Waals surface area (Å²) in [7, 11) is 0. The lowest BCUT2D eigenvalue weighted by atomic mass is 9.90. The van der Waals surface area contributed by atoms with E-state index in [1.807, 2.05) is 0 Å². The molecule has 2 nitrogen and oxygen atoms in total. The molecule has 1 rings (SSSR count). The third kappa shape index (κ3) is 1.09. The molecule has 62 valence electrons. The number of carbonyl (C=O) groups excluding carboxylic acids is 2. The molecule has 11 heavy (non-hydrogen) atoms. The Morgan fingerprint density at radius 1 is 1.27 bits per heavy atom. The Morgan fingerprint density at radius 3 is 1.82 bits per heavy atom. The first kappa shape index (κ1) is 9.01. The Bertz CT molecular complexity index is 222. The van der Waals surface area contributed by atoms with Crippen LogP contribution in [-0.4, -0.2) is 22.3 Å². The van der Waals surface area contributed by atoms with Gasteiger partial charge < -0.3 is 0 Å². The van der Waals surface area contributed by atoms with Gasteiger partial charge in [0.1, 0.15) is 5.38 Å². The summed E-state index contributed by atoms with van der Waals surface area (Å²) < 4.78 is 0. The fourth-order valence-corrected chi connectivity index (χ4v) is 1.77. The average Bonchev–Trinajstić information content (AvgIpc) is 2.06. The standard InChI is InChI=1S/C7H8Cl2O2/c1-7(2)5(9)4(10)3(8)6(7)11/h3,5H,1-2H3. The quantitative estimate of drug-likeness (QED) is 0.432. The third-order valence-electron chi connectivity index (χ3n) is 2.00. The maximum atomic E-state index is 11.2. The van der Waals surface area contributed by atoms with Crippen molar-refractivity contribution in [2.24, 2.45) is 5.41 Å². The van der Waals surface area contributed by atoms with Gasteiger partial charge in [0.25, 0.3) is 0 Å². The monoisotopic (exact) mass is 194 g/mol. The van der Waals surface area contributed by atoms with Crippen LogP contribution in [-0.2, 0) is 9.59 Å². The van der Waals surface area contributed by atoms with Crippen LogP contribution in [0.4, 0.5) is 0 Å². The van der Waals surface area contributed by atoms with Crippen LogP contribution in [0, 0.1) is 5.41 Å². The second kappa shape index (κ2) is 2.46. The van der Waals surface area contributed by atoms with Gasteiger partial charge in [-0.3, -0.25) is 9.59 Å². The fourth-order valence-electron chi connectivity index (χ4n) is 1.06. The molecule has 0 saturated heterocycles. The molecule has 0 aromatic rings. The van der Waals surface area contributed by atoms with Gasteiger partial charge in [0.15, 0.2) is 16.9 Å². The molecule has 0 heterocycles. The van der Waals surface area contributed by atoms with E-state index in [4.69, 9.17) is 23.2 Å². The van der Waals surface area contributed by atoms with Gasteiger partial charge in [-0.15, -0.1) is 23.2 Å². The van der Waals surface area contributed by atoms with Crippen molar-refractivity contribution in [2.75, 3.05) is 0 Å². The molecular weight excluding hydrogens is 187 g/mol. The molecule has 1 saturated carbocycles. The Kier molecular flexibility index (Phi) is 2.01. The van der Waals surface area contributed by atoms with E-state index in [1.54, 1.807) is 13.8 Å². The second-order valence-corrected chi connectivity index (χ2v) is 4.09. The van der Waals surface area contributed by atoms with Crippen molar-refractivity contribution >= 4 is 34.8 Å². The number of rotatable bonds is 0. The van der Waals surface area contributed by atoms with Crippen LogP contribution in [0.1, 0.15) is 13.8 Å². The van der Waals surface area contributed by atoms with Crippen molar-refractivity contribution in [3.8, 4) is 0 Å². The minimum absolute atomic E-state index is 0.274. The maximum absolute atomic E-state index is 11.2. The molecule has 1 aliphatic carbocycles. The van der Waals surface area contributed by atoms with Gasteiger partial charge in [0.05, 0.1) is 0 Å². The molecular formula is C7H8Cl2O2. The van der Waals surface area contributed by atoms with E-state index in [2.05, 4.69) is 0 Å². The van der Waals surface area contributed by atoms with Gasteiger partial charge in [0.2, 0.25) is 0 Å². The summed E-state index contributed by atoms with van der Waals surface area (Å²) >= 11 is 11.2. The molecule has 0 spiro atoms. The molecule has 0 N–H and O–H groups in total. The van der Waals surface area contributed by atoms with Gasteiger partial charge >= 0.3 is 0 Å². The van der Waals surface area contributed by atoms with Crippen molar-refractivity contribution < 1.29 is 9.59 Å². The van der Waals surface area contributed by atoms with E-state index < -0.39 is 16.2 Å². The highest BCUT2D eigenvalue weighted by atomic mass is 35.5. The van der Waals surface area contributed by atoms with E-state index in [-0.39, 0.29) is 11.6 Å². The molecule has 0 amide bonds. The summed E-state index contributed by atoms with van der Waals surface area (Å²) in [5.41, 5.74) is -0.801. The first-order valence-corrected chi connectivity index (χ1v) is 4.12. The minimum Gasteiger partial charge on any atom is -0.297 e. The zero-order valence-electron chi connectivity index (χ0n) is 6.23. The number of halogens is 2. The van der Waals surface area contributed by atoms with Crippen LogP contribution < -0.4 is 0 Å². The van der Waals surface area contributed by atoms with Crippen molar-refractivity contribution in [1.29, 1.82) is 0 Å².